The van der Waals surface area contributed by atoms with Gasteiger partial charge in [0.05, 0.1) is 17.5 Å². The number of aliphatic hydroxyl groups excluding tert-OH is 1. The molecule has 1 unspecified atom stereocenters. The van der Waals surface area contributed by atoms with Crippen LogP contribution in [0.3, 0.4) is 0 Å². The van der Waals surface area contributed by atoms with Gasteiger partial charge in [-0.1, -0.05) is 18.2 Å². The van der Waals surface area contributed by atoms with Gasteiger partial charge in [0.1, 0.15) is 0 Å². The summed E-state index contributed by atoms with van der Waals surface area (Å²) in [6, 6.07) is 9.98. The number of carbonyl (C=O) groups is 1. The Morgan fingerprint density at radius 1 is 1.44 bits per heavy atom. The number of hydrogen-bond donors (Lipinski definition) is 1. The summed E-state index contributed by atoms with van der Waals surface area (Å²) in [5.41, 5.74) is 0. The quantitative estimate of drug-likeness (QED) is 0.902. The van der Waals surface area contributed by atoms with Crippen LogP contribution in [0.5, 0.6) is 0 Å². The molecule has 2 heterocycles. The number of hydrogen-bond acceptors (Lipinski definition) is 3. The van der Waals surface area contributed by atoms with Crippen LogP contribution in [0.2, 0.25) is 0 Å². The highest BCUT2D eigenvalue weighted by molar-refractivity contribution is 7.20. The van der Waals surface area contributed by atoms with Crippen molar-refractivity contribution in [1.29, 1.82) is 0 Å². The molecule has 1 aliphatic rings. The van der Waals surface area contributed by atoms with Gasteiger partial charge in [-0.3, -0.25) is 4.79 Å². The zero-order chi connectivity index (χ0) is 12.5. The Labute approximate surface area is 110 Å². The van der Waals surface area contributed by atoms with Gasteiger partial charge in [-0.05, 0) is 30.4 Å². The number of fused-ring (bicyclic) bond motifs is 1. The molecule has 18 heavy (non-hydrogen) atoms. The van der Waals surface area contributed by atoms with Crippen LogP contribution in [0.15, 0.2) is 30.3 Å². The molecule has 1 aromatic carbocycles. The SMILES string of the molecule is O=C(c1cc2ccccc2s1)N1CCCC1CO. The summed E-state index contributed by atoms with van der Waals surface area (Å²) in [6.45, 7) is 0.828. The van der Waals surface area contributed by atoms with Crippen LogP contribution in [-0.4, -0.2) is 35.1 Å². The van der Waals surface area contributed by atoms with Gasteiger partial charge in [0.15, 0.2) is 0 Å². The first-order valence-corrected chi connectivity index (χ1v) is 7.01. The van der Waals surface area contributed by atoms with E-state index in [1.165, 1.54) is 11.3 Å². The number of aliphatic hydroxyl groups is 1. The topological polar surface area (TPSA) is 40.5 Å². The van der Waals surface area contributed by atoms with Gasteiger partial charge in [-0.15, -0.1) is 11.3 Å². The van der Waals surface area contributed by atoms with Crippen molar-refractivity contribution < 1.29 is 9.90 Å². The second-order valence-electron chi connectivity index (χ2n) is 4.63. The first-order chi connectivity index (χ1) is 8.79. The van der Waals surface area contributed by atoms with E-state index in [9.17, 15) is 9.90 Å². The molecule has 4 heteroatoms. The van der Waals surface area contributed by atoms with Crippen LogP contribution < -0.4 is 0 Å². The Morgan fingerprint density at radius 2 is 2.28 bits per heavy atom. The van der Waals surface area contributed by atoms with Crippen molar-refractivity contribution in [3.8, 4) is 0 Å². The molecular weight excluding hydrogens is 246 g/mol. The molecule has 0 bridgehead atoms. The van der Waals surface area contributed by atoms with E-state index in [1.807, 2.05) is 35.2 Å². The molecule has 0 saturated carbocycles. The molecule has 1 N–H and O–H groups in total. The Balaban J connectivity index is 1.91. The lowest BCUT2D eigenvalue weighted by Gasteiger charge is -2.22. The second-order valence-corrected chi connectivity index (χ2v) is 5.71. The molecule has 0 aliphatic carbocycles. The summed E-state index contributed by atoms with van der Waals surface area (Å²) in [6.07, 6.45) is 1.90. The molecule has 1 atom stereocenters. The smallest absolute Gasteiger partial charge is 0.264 e. The molecule has 94 valence electrons. The van der Waals surface area contributed by atoms with Crippen LogP contribution in [0.4, 0.5) is 0 Å². The fraction of sp³-hybridized carbons (Fsp3) is 0.357. The largest absolute Gasteiger partial charge is 0.394 e. The van der Waals surface area contributed by atoms with Crippen LogP contribution in [0.1, 0.15) is 22.5 Å². The highest BCUT2D eigenvalue weighted by Crippen LogP contribution is 2.28. The van der Waals surface area contributed by atoms with Gasteiger partial charge in [-0.2, -0.15) is 0 Å². The predicted molar refractivity (Wildman–Crippen MR) is 73.0 cm³/mol. The van der Waals surface area contributed by atoms with Crippen LogP contribution >= 0.6 is 11.3 Å². The summed E-state index contributed by atoms with van der Waals surface area (Å²) in [4.78, 5) is 15.0. The van der Waals surface area contributed by atoms with Gasteiger partial charge in [0.25, 0.3) is 5.91 Å². The fourth-order valence-electron chi connectivity index (χ4n) is 2.52. The molecule has 3 rings (SSSR count). The summed E-state index contributed by atoms with van der Waals surface area (Å²) in [5, 5.41) is 10.4. The minimum Gasteiger partial charge on any atom is -0.394 e. The molecule has 1 saturated heterocycles. The normalized spacial score (nSPS) is 19.6. The summed E-state index contributed by atoms with van der Waals surface area (Å²) in [5.74, 6) is 0.0627. The number of rotatable bonds is 2. The van der Waals surface area contributed by atoms with Gasteiger partial charge in [0, 0.05) is 11.2 Å². The van der Waals surface area contributed by atoms with E-state index < -0.39 is 0 Å². The lowest BCUT2D eigenvalue weighted by atomic mass is 10.2. The first kappa shape index (κ1) is 11.7. The monoisotopic (exact) mass is 261 g/mol. The number of carbonyl (C=O) groups excluding carboxylic acids is 1. The third kappa shape index (κ3) is 1.91. The highest BCUT2D eigenvalue weighted by atomic mass is 32.1. The van der Waals surface area contributed by atoms with E-state index in [0.29, 0.717) is 0 Å². The van der Waals surface area contributed by atoms with Crippen molar-refractivity contribution in [3.63, 3.8) is 0 Å². The van der Waals surface area contributed by atoms with E-state index in [0.717, 1.165) is 34.3 Å². The van der Waals surface area contributed by atoms with E-state index in [1.54, 1.807) is 0 Å². The third-order valence-corrected chi connectivity index (χ3v) is 4.59. The molecule has 0 radical (unpaired) electrons. The minimum atomic E-state index is 0.00251. The maximum Gasteiger partial charge on any atom is 0.264 e. The number of likely N-dealkylation sites (tertiary alicyclic amines) is 1. The molecular formula is C14H15NO2S. The van der Waals surface area contributed by atoms with Crippen molar-refractivity contribution in [2.75, 3.05) is 13.2 Å². The summed E-state index contributed by atoms with van der Waals surface area (Å²) in [7, 11) is 0. The van der Waals surface area contributed by atoms with Crippen molar-refractivity contribution in [3.05, 3.63) is 35.2 Å². The van der Waals surface area contributed by atoms with E-state index in [-0.39, 0.29) is 18.6 Å². The Kier molecular flexibility index (Phi) is 3.06. The van der Waals surface area contributed by atoms with Gasteiger partial charge in [-0.25, -0.2) is 0 Å². The number of amides is 1. The predicted octanol–water partition coefficient (Wildman–Crippen LogP) is 2.50. The van der Waals surface area contributed by atoms with Crippen LogP contribution in [0, 0.1) is 0 Å². The van der Waals surface area contributed by atoms with Crippen molar-refractivity contribution >= 4 is 27.3 Å². The maximum atomic E-state index is 12.4. The van der Waals surface area contributed by atoms with Crippen molar-refractivity contribution in [2.24, 2.45) is 0 Å². The van der Waals surface area contributed by atoms with E-state index in [4.69, 9.17) is 0 Å². The van der Waals surface area contributed by atoms with Crippen molar-refractivity contribution in [2.45, 2.75) is 18.9 Å². The zero-order valence-electron chi connectivity index (χ0n) is 10.0. The number of benzene rings is 1. The minimum absolute atomic E-state index is 0.00251. The summed E-state index contributed by atoms with van der Waals surface area (Å²) < 4.78 is 1.14. The Bertz CT molecular complexity index is 545. The molecule has 1 fully saturated rings. The third-order valence-electron chi connectivity index (χ3n) is 3.49. The second kappa shape index (κ2) is 4.71. The average molecular weight is 261 g/mol. The molecule has 1 aliphatic heterocycles. The number of thiophene rings is 1. The molecule has 1 amide bonds. The fourth-order valence-corrected chi connectivity index (χ4v) is 3.54. The lowest BCUT2D eigenvalue weighted by molar-refractivity contribution is 0.0682. The van der Waals surface area contributed by atoms with Gasteiger partial charge >= 0.3 is 0 Å². The Morgan fingerprint density at radius 3 is 3.06 bits per heavy atom. The zero-order valence-corrected chi connectivity index (χ0v) is 10.8. The first-order valence-electron chi connectivity index (χ1n) is 6.20. The summed E-state index contributed by atoms with van der Waals surface area (Å²) >= 11 is 1.53. The number of nitrogens with zero attached hydrogens (tertiary/aromatic N) is 1. The molecule has 1 aromatic heterocycles. The molecule has 2 aromatic rings. The van der Waals surface area contributed by atoms with Crippen LogP contribution in [-0.2, 0) is 0 Å². The highest BCUT2D eigenvalue weighted by Gasteiger charge is 2.29. The van der Waals surface area contributed by atoms with Crippen molar-refractivity contribution in [1.82, 2.24) is 4.90 Å². The average Bonchev–Trinajstić information content (AvgIpc) is 3.03. The van der Waals surface area contributed by atoms with E-state index >= 15 is 0 Å². The molecule has 3 nitrogen and oxygen atoms in total. The van der Waals surface area contributed by atoms with E-state index in [2.05, 4.69) is 0 Å². The van der Waals surface area contributed by atoms with Gasteiger partial charge < -0.3 is 10.0 Å². The standard InChI is InChI=1S/C14H15NO2S/c16-9-11-5-3-7-15(11)14(17)13-8-10-4-1-2-6-12(10)18-13/h1-2,4,6,8,11,16H,3,5,7,9H2. The molecule has 0 spiro atoms. The van der Waals surface area contributed by atoms with Gasteiger partial charge in [0.2, 0.25) is 0 Å². The van der Waals surface area contributed by atoms with Crippen LogP contribution in [0.25, 0.3) is 10.1 Å². The Hall–Kier alpha value is -1.39. The maximum absolute atomic E-state index is 12.4. The lowest BCUT2D eigenvalue weighted by Crippen LogP contribution is -2.37.